The molecule has 0 aromatic heterocycles. The molecule has 1 unspecified atom stereocenters. The average molecular weight is 249 g/mol. The fraction of sp³-hybridized carbons (Fsp3) is 0.500. The van der Waals surface area contributed by atoms with Crippen LogP contribution in [0.4, 0.5) is 5.69 Å². The molecule has 1 aliphatic rings. The summed E-state index contributed by atoms with van der Waals surface area (Å²) in [7, 11) is 0. The number of benzene rings is 1. The first-order chi connectivity index (χ1) is 8.26. The molecule has 0 saturated carbocycles. The van der Waals surface area contributed by atoms with Crippen molar-refractivity contribution in [1.82, 2.24) is 0 Å². The van der Waals surface area contributed by atoms with Gasteiger partial charge in [0.1, 0.15) is 6.07 Å². The SMILES string of the molecule is CCC1CCCCN1c1cc(Cl)ccc1C#N. The van der Waals surface area contributed by atoms with E-state index in [0.29, 0.717) is 11.1 Å². The van der Waals surface area contributed by atoms with Crippen molar-refractivity contribution in [3.8, 4) is 6.07 Å². The molecule has 2 nitrogen and oxygen atoms in total. The number of rotatable bonds is 2. The van der Waals surface area contributed by atoms with Gasteiger partial charge in [-0.1, -0.05) is 18.5 Å². The van der Waals surface area contributed by atoms with Crippen molar-refractivity contribution >= 4 is 17.3 Å². The van der Waals surface area contributed by atoms with E-state index in [1.807, 2.05) is 12.1 Å². The van der Waals surface area contributed by atoms with Crippen molar-refractivity contribution in [2.45, 2.75) is 38.6 Å². The quantitative estimate of drug-likeness (QED) is 0.792. The molecule has 1 aromatic carbocycles. The zero-order valence-electron chi connectivity index (χ0n) is 10.1. The Hall–Kier alpha value is -1.20. The molecule has 0 N–H and O–H groups in total. The number of hydrogen-bond donors (Lipinski definition) is 0. The third-order valence-electron chi connectivity index (χ3n) is 3.49. The van der Waals surface area contributed by atoms with E-state index in [9.17, 15) is 5.26 Å². The van der Waals surface area contributed by atoms with Crippen molar-refractivity contribution < 1.29 is 0 Å². The van der Waals surface area contributed by atoms with Crippen LogP contribution < -0.4 is 4.90 Å². The molecular formula is C14H17ClN2. The molecule has 0 spiro atoms. The van der Waals surface area contributed by atoms with Crippen LogP contribution in [-0.2, 0) is 0 Å². The Kier molecular flexibility index (Phi) is 3.91. The molecule has 3 heteroatoms. The minimum Gasteiger partial charge on any atom is -0.367 e. The third kappa shape index (κ3) is 2.56. The van der Waals surface area contributed by atoms with E-state index < -0.39 is 0 Å². The Morgan fingerprint density at radius 1 is 1.47 bits per heavy atom. The van der Waals surface area contributed by atoms with Gasteiger partial charge in [-0.05, 0) is 43.9 Å². The Morgan fingerprint density at radius 3 is 3.00 bits per heavy atom. The van der Waals surface area contributed by atoms with Gasteiger partial charge >= 0.3 is 0 Å². The zero-order valence-corrected chi connectivity index (χ0v) is 10.9. The normalized spacial score (nSPS) is 20.1. The van der Waals surface area contributed by atoms with Gasteiger partial charge in [0.15, 0.2) is 0 Å². The molecule has 0 bridgehead atoms. The number of nitrogens with zero attached hydrogens (tertiary/aromatic N) is 2. The first kappa shape index (κ1) is 12.3. The molecular weight excluding hydrogens is 232 g/mol. The number of hydrogen-bond acceptors (Lipinski definition) is 2. The summed E-state index contributed by atoms with van der Waals surface area (Å²) >= 11 is 6.05. The zero-order chi connectivity index (χ0) is 12.3. The lowest BCUT2D eigenvalue weighted by atomic mass is 9.98. The minimum absolute atomic E-state index is 0.550. The summed E-state index contributed by atoms with van der Waals surface area (Å²) in [6.45, 7) is 3.24. The van der Waals surface area contributed by atoms with Gasteiger partial charge in [0.25, 0.3) is 0 Å². The maximum Gasteiger partial charge on any atom is 0.101 e. The van der Waals surface area contributed by atoms with Gasteiger partial charge in [-0.3, -0.25) is 0 Å². The van der Waals surface area contributed by atoms with E-state index in [1.54, 1.807) is 6.07 Å². The lowest BCUT2D eigenvalue weighted by Gasteiger charge is -2.37. The van der Waals surface area contributed by atoms with Crippen LogP contribution in [0.2, 0.25) is 5.02 Å². The van der Waals surface area contributed by atoms with Gasteiger partial charge < -0.3 is 4.90 Å². The summed E-state index contributed by atoms with van der Waals surface area (Å²) in [5, 5.41) is 9.89. The molecule has 0 radical (unpaired) electrons. The van der Waals surface area contributed by atoms with Crippen LogP contribution in [0.1, 0.15) is 38.2 Å². The van der Waals surface area contributed by atoms with E-state index in [2.05, 4.69) is 17.9 Å². The van der Waals surface area contributed by atoms with Crippen LogP contribution in [0, 0.1) is 11.3 Å². The van der Waals surface area contributed by atoms with E-state index in [4.69, 9.17) is 11.6 Å². The van der Waals surface area contributed by atoms with Crippen LogP contribution >= 0.6 is 11.6 Å². The highest BCUT2D eigenvalue weighted by Crippen LogP contribution is 2.31. The monoisotopic (exact) mass is 248 g/mol. The fourth-order valence-electron chi connectivity index (χ4n) is 2.58. The van der Waals surface area contributed by atoms with E-state index in [-0.39, 0.29) is 0 Å². The summed E-state index contributed by atoms with van der Waals surface area (Å²) in [5.74, 6) is 0. The van der Waals surface area contributed by atoms with Gasteiger partial charge in [-0.25, -0.2) is 0 Å². The fourth-order valence-corrected chi connectivity index (χ4v) is 2.75. The Bertz CT molecular complexity index is 436. The second-order valence-electron chi connectivity index (χ2n) is 4.52. The predicted octanol–water partition coefficient (Wildman–Crippen LogP) is 3.98. The molecule has 1 saturated heterocycles. The summed E-state index contributed by atoms with van der Waals surface area (Å²) in [4.78, 5) is 2.36. The highest BCUT2D eigenvalue weighted by Gasteiger charge is 2.23. The maximum absolute atomic E-state index is 9.18. The highest BCUT2D eigenvalue weighted by atomic mass is 35.5. The summed E-state index contributed by atoms with van der Waals surface area (Å²) in [5.41, 5.74) is 1.74. The Morgan fingerprint density at radius 2 is 2.29 bits per heavy atom. The van der Waals surface area contributed by atoms with E-state index >= 15 is 0 Å². The van der Waals surface area contributed by atoms with Crippen LogP contribution in [-0.4, -0.2) is 12.6 Å². The van der Waals surface area contributed by atoms with Crippen molar-refractivity contribution in [2.24, 2.45) is 0 Å². The molecule has 1 heterocycles. The molecule has 0 aliphatic carbocycles. The largest absolute Gasteiger partial charge is 0.367 e. The second kappa shape index (κ2) is 5.42. The van der Waals surface area contributed by atoms with Crippen molar-refractivity contribution in [2.75, 3.05) is 11.4 Å². The summed E-state index contributed by atoms with van der Waals surface area (Å²) < 4.78 is 0. The molecule has 17 heavy (non-hydrogen) atoms. The van der Waals surface area contributed by atoms with E-state index in [0.717, 1.165) is 24.2 Å². The minimum atomic E-state index is 0.550. The molecule has 1 aromatic rings. The van der Waals surface area contributed by atoms with Crippen molar-refractivity contribution in [1.29, 1.82) is 5.26 Å². The lowest BCUT2D eigenvalue weighted by molar-refractivity contribution is 0.450. The number of piperidine rings is 1. The average Bonchev–Trinajstić information content (AvgIpc) is 2.38. The van der Waals surface area contributed by atoms with Gasteiger partial charge in [0.2, 0.25) is 0 Å². The van der Waals surface area contributed by atoms with Gasteiger partial charge in [0, 0.05) is 17.6 Å². The number of anilines is 1. The molecule has 2 rings (SSSR count). The lowest BCUT2D eigenvalue weighted by Crippen LogP contribution is -2.39. The molecule has 1 aliphatic heterocycles. The van der Waals surface area contributed by atoms with Gasteiger partial charge in [-0.2, -0.15) is 5.26 Å². The molecule has 90 valence electrons. The molecule has 0 amide bonds. The Balaban J connectivity index is 2.37. The first-order valence-electron chi connectivity index (χ1n) is 6.22. The van der Waals surface area contributed by atoms with Crippen LogP contribution in [0.15, 0.2) is 18.2 Å². The smallest absolute Gasteiger partial charge is 0.101 e. The predicted molar refractivity (Wildman–Crippen MR) is 71.4 cm³/mol. The second-order valence-corrected chi connectivity index (χ2v) is 4.96. The van der Waals surface area contributed by atoms with E-state index in [1.165, 1.54) is 19.3 Å². The first-order valence-corrected chi connectivity index (χ1v) is 6.60. The molecule has 1 fully saturated rings. The van der Waals surface area contributed by atoms with Gasteiger partial charge in [-0.15, -0.1) is 0 Å². The standard InChI is InChI=1S/C14H17ClN2/c1-2-13-5-3-4-8-17(13)14-9-12(15)7-6-11(14)10-16/h6-7,9,13H,2-5,8H2,1H3. The highest BCUT2D eigenvalue weighted by molar-refractivity contribution is 6.30. The van der Waals surface area contributed by atoms with Gasteiger partial charge in [0.05, 0.1) is 11.3 Å². The van der Waals surface area contributed by atoms with Crippen molar-refractivity contribution in [3.63, 3.8) is 0 Å². The van der Waals surface area contributed by atoms with Crippen LogP contribution in [0.5, 0.6) is 0 Å². The number of nitriles is 1. The number of halogens is 1. The third-order valence-corrected chi connectivity index (χ3v) is 3.72. The topological polar surface area (TPSA) is 27.0 Å². The summed E-state index contributed by atoms with van der Waals surface area (Å²) in [6, 6.07) is 8.34. The van der Waals surface area contributed by atoms with Crippen molar-refractivity contribution in [3.05, 3.63) is 28.8 Å². The maximum atomic E-state index is 9.18. The van der Waals surface area contributed by atoms with Crippen LogP contribution in [0.25, 0.3) is 0 Å². The summed E-state index contributed by atoms with van der Waals surface area (Å²) in [6.07, 6.45) is 4.83. The molecule has 1 atom stereocenters. The Labute approximate surface area is 108 Å². The van der Waals surface area contributed by atoms with Crippen LogP contribution in [0.3, 0.4) is 0 Å².